The molecule has 0 bridgehead atoms. The fourth-order valence-corrected chi connectivity index (χ4v) is 2.17. The highest BCUT2D eigenvalue weighted by Crippen LogP contribution is 2.23. The van der Waals surface area contributed by atoms with Crippen molar-refractivity contribution in [1.82, 2.24) is 10.1 Å². The summed E-state index contributed by atoms with van der Waals surface area (Å²) in [6.07, 6.45) is 0.243. The average molecular weight is 268 g/mol. The Morgan fingerprint density at radius 2 is 2.21 bits per heavy atom. The van der Waals surface area contributed by atoms with Gasteiger partial charge in [-0.2, -0.15) is 0 Å². The second-order valence-electron chi connectivity index (χ2n) is 4.41. The molecule has 1 aliphatic rings. The Morgan fingerprint density at radius 3 is 2.74 bits per heavy atom. The van der Waals surface area contributed by atoms with E-state index in [0.717, 1.165) is 0 Å². The number of rotatable bonds is 3. The van der Waals surface area contributed by atoms with Gasteiger partial charge in [-0.05, 0) is 6.92 Å². The van der Waals surface area contributed by atoms with E-state index in [9.17, 15) is 9.59 Å². The lowest BCUT2D eigenvalue weighted by atomic mass is 10.2. The number of aryl methyl sites for hydroxylation is 1. The van der Waals surface area contributed by atoms with Crippen molar-refractivity contribution in [3.8, 4) is 0 Å². The number of ether oxygens (including phenoxy) is 2. The third-order valence-corrected chi connectivity index (χ3v) is 3.18. The summed E-state index contributed by atoms with van der Waals surface area (Å²) in [4.78, 5) is 25.4. The first-order chi connectivity index (χ1) is 9.06. The van der Waals surface area contributed by atoms with Crippen LogP contribution in [0, 0.1) is 6.92 Å². The molecule has 104 valence electrons. The second-order valence-corrected chi connectivity index (χ2v) is 4.41. The van der Waals surface area contributed by atoms with Crippen molar-refractivity contribution in [2.24, 2.45) is 0 Å². The molecule has 0 N–H and O–H groups in total. The van der Waals surface area contributed by atoms with Crippen LogP contribution in [0.1, 0.15) is 22.7 Å². The van der Waals surface area contributed by atoms with Crippen LogP contribution in [-0.2, 0) is 14.3 Å². The number of hydrogen-bond donors (Lipinski definition) is 0. The second kappa shape index (κ2) is 5.40. The lowest BCUT2D eigenvalue weighted by Gasteiger charge is -2.20. The van der Waals surface area contributed by atoms with Gasteiger partial charge >= 0.3 is 5.97 Å². The largest absolute Gasteiger partial charge is 0.467 e. The Balaban J connectivity index is 2.20. The lowest BCUT2D eigenvalue weighted by Crippen LogP contribution is -2.41. The van der Waals surface area contributed by atoms with E-state index in [1.165, 1.54) is 18.1 Å². The van der Waals surface area contributed by atoms with Gasteiger partial charge in [0.1, 0.15) is 11.8 Å². The van der Waals surface area contributed by atoms with E-state index in [-0.39, 0.29) is 17.7 Å². The molecule has 0 aliphatic carbocycles. The van der Waals surface area contributed by atoms with Crippen molar-refractivity contribution in [1.29, 1.82) is 0 Å². The molecule has 7 nitrogen and oxygen atoms in total. The van der Waals surface area contributed by atoms with Crippen LogP contribution in [0.2, 0.25) is 0 Å². The smallest absolute Gasteiger partial charge is 0.328 e. The van der Waals surface area contributed by atoms with Gasteiger partial charge in [-0.3, -0.25) is 4.79 Å². The molecule has 0 aromatic carbocycles. The molecule has 1 saturated heterocycles. The monoisotopic (exact) mass is 268 g/mol. The minimum atomic E-state index is -0.639. The van der Waals surface area contributed by atoms with Gasteiger partial charge in [0.15, 0.2) is 5.69 Å². The molecule has 1 aliphatic heterocycles. The summed E-state index contributed by atoms with van der Waals surface area (Å²) in [7, 11) is 2.85. The molecule has 2 heterocycles. The van der Waals surface area contributed by atoms with Crippen LogP contribution in [0.5, 0.6) is 0 Å². The van der Waals surface area contributed by atoms with Crippen LogP contribution in [0.4, 0.5) is 0 Å². The van der Waals surface area contributed by atoms with E-state index in [4.69, 9.17) is 14.0 Å². The molecule has 19 heavy (non-hydrogen) atoms. The normalized spacial score (nSPS) is 22.6. The topological polar surface area (TPSA) is 81.9 Å². The van der Waals surface area contributed by atoms with E-state index in [1.807, 2.05) is 0 Å². The number of nitrogens with zero attached hydrogens (tertiary/aromatic N) is 2. The average Bonchev–Trinajstić information content (AvgIpc) is 3.03. The van der Waals surface area contributed by atoms with E-state index >= 15 is 0 Å². The third-order valence-electron chi connectivity index (χ3n) is 3.18. The van der Waals surface area contributed by atoms with Gasteiger partial charge in [-0.15, -0.1) is 0 Å². The predicted molar refractivity (Wildman–Crippen MR) is 63.5 cm³/mol. The SMILES string of the molecule is COC(=O)C1CC(OC)CN1C(=O)c1cc(C)on1. The Labute approximate surface area is 110 Å². The Kier molecular flexibility index (Phi) is 3.84. The van der Waals surface area contributed by atoms with Crippen molar-refractivity contribution in [3.05, 3.63) is 17.5 Å². The van der Waals surface area contributed by atoms with Crippen molar-refractivity contribution in [3.63, 3.8) is 0 Å². The van der Waals surface area contributed by atoms with Crippen molar-refractivity contribution >= 4 is 11.9 Å². The zero-order valence-corrected chi connectivity index (χ0v) is 11.1. The maximum absolute atomic E-state index is 12.3. The summed E-state index contributed by atoms with van der Waals surface area (Å²) < 4.78 is 14.8. The van der Waals surface area contributed by atoms with Crippen LogP contribution in [0.25, 0.3) is 0 Å². The molecule has 1 aromatic rings. The molecule has 1 fully saturated rings. The zero-order chi connectivity index (χ0) is 14.0. The Morgan fingerprint density at radius 1 is 1.47 bits per heavy atom. The molecule has 2 atom stereocenters. The first kappa shape index (κ1) is 13.5. The fraction of sp³-hybridized carbons (Fsp3) is 0.583. The number of amides is 1. The number of esters is 1. The molecule has 2 unspecified atom stereocenters. The standard InChI is InChI=1S/C12H16N2O5/c1-7-4-9(13-19-7)11(15)14-6-8(17-2)5-10(14)12(16)18-3/h4,8,10H,5-6H2,1-3H3. The quantitative estimate of drug-likeness (QED) is 0.737. The van der Waals surface area contributed by atoms with Crippen LogP contribution < -0.4 is 0 Å². The van der Waals surface area contributed by atoms with Gasteiger partial charge in [-0.25, -0.2) is 4.79 Å². The molecular weight excluding hydrogens is 252 g/mol. The van der Waals surface area contributed by atoms with E-state index in [1.54, 1.807) is 14.0 Å². The molecule has 7 heteroatoms. The summed E-state index contributed by atoms with van der Waals surface area (Å²) in [5, 5.41) is 3.67. The van der Waals surface area contributed by atoms with Crippen LogP contribution in [-0.4, -0.2) is 54.8 Å². The van der Waals surface area contributed by atoms with E-state index in [2.05, 4.69) is 5.16 Å². The zero-order valence-electron chi connectivity index (χ0n) is 11.1. The third kappa shape index (κ3) is 2.60. The van der Waals surface area contributed by atoms with Gasteiger partial charge in [0.25, 0.3) is 5.91 Å². The van der Waals surface area contributed by atoms with Crippen molar-refractivity contribution < 1.29 is 23.6 Å². The molecule has 2 rings (SSSR count). The number of hydrogen-bond acceptors (Lipinski definition) is 6. The fourth-order valence-electron chi connectivity index (χ4n) is 2.17. The Hall–Kier alpha value is -1.89. The maximum atomic E-state index is 12.3. The molecular formula is C12H16N2O5. The summed E-state index contributed by atoms with van der Waals surface area (Å²) in [6.45, 7) is 2.03. The molecule has 1 amide bonds. The Bertz CT molecular complexity index is 484. The molecule has 1 aromatic heterocycles. The molecule has 0 saturated carbocycles. The summed E-state index contributed by atoms with van der Waals surface area (Å²) in [5.41, 5.74) is 0.183. The summed E-state index contributed by atoms with van der Waals surface area (Å²) in [5.74, 6) is -0.264. The van der Waals surface area contributed by atoms with Gasteiger partial charge in [0.05, 0.1) is 13.2 Å². The minimum absolute atomic E-state index is 0.180. The number of aromatic nitrogens is 1. The van der Waals surface area contributed by atoms with Gasteiger partial charge in [-0.1, -0.05) is 5.16 Å². The van der Waals surface area contributed by atoms with Crippen molar-refractivity contribution in [2.45, 2.75) is 25.5 Å². The maximum Gasteiger partial charge on any atom is 0.328 e. The number of carbonyl (C=O) groups excluding carboxylic acids is 2. The van der Waals surface area contributed by atoms with Crippen LogP contribution in [0.3, 0.4) is 0 Å². The van der Waals surface area contributed by atoms with Gasteiger partial charge < -0.3 is 18.9 Å². The molecule has 0 spiro atoms. The first-order valence-corrected chi connectivity index (χ1v) is 5.91. The van der Waals surface area contributed by atoms with Gasteiger partial charge in [0, 0.05) is 26.1 Å². The van der Waals surface area contributed by atoms with Gasteiger partial charge in [0.2, 0.25) is 0 Å². The highest BCUT2D eigenvalue weighted by atomic mass is 16.5. The van der Waals surface area contributed by atoms with Crippen LogP contribution >= 0.6 is 0 Å². The molecule has 0 radical (unpaired) electrons. The van der Waals surface area contributed by atoms with Crippen LogP contribution in [0.15, 0.2) is 10.6 Å². The number of methoxy groups -OCH3 is 2. The summed E-state index contributed by atoms with van der Waals surface area (Å²) in [6, 6.07) is 0.899. The predicted octanol–water partition coefficient (Wildman–Crippen LogP) is 0.386. The highest BCUT2D eigenvalue weighted by Gasteiger charge is 2.41. The minimum Gasteiger partial charge on any atom is -0.467 e. The van der Waals surface area contributed by atoms with E-state index < -0.39 is 12.0 Å². The lowest BCUT2D eigenvalue weighted by molar-refractivity contribution is -0.145. The first-order valence-electron chi connectivity index (χ1n) is 5.91. The highest BCUT2D eigenvalue weighted by molar-refractivity contribution is 5.95. The van der Waals surface area contributed by atoms with E-state index in [0.29, 0.717) is 18.7 Å². The number of likely N-dealkylation sites (tertiary alicyclic amines) is 1. The number of carbonyl (C=O) groups is 2. The summed E-state index contributed by atoms with van der Waals surface area (Å²) >= 11 is 0. The van der Waals surface area contributed by atoms with Crippen molar-refractivity contribution in [2.75, 3.05) is 20.8 Å².